The fourth-order valence-corrected chi connectivity index (χ4v) is 3.79. The van der Waals surface area contributed by atoms with Gasteiger partial charge in [-0.25, -0.2) is 4.79 Å². The summed E-state index contributed by atoms with van der Waals surface area (Å²) in [6.45, 7) is 4.32. The minimum absolute atomic E-state index is 0.145. The summed E-state index contributed by atoms with van der Waals surface area (Å²) in [5, 5.41) is 14.2. The summed E-state index contributed by atoms with van der Waals surface area (Å²) in [4.78, 5) is 27.7. The molecule has 0 aliphatic carbocycles. The lowest BCUT2D eigenvalue weighted by Gasteiger charge is -2.31. The lowest BCUT2D eigenvalue weighted by atomic mass is 9.96. The number of rotatable bonds is 4. The van der Waals surface area contributed by atoms with Crippen molar-refractivity contribution in [2.75, 3.05) is 37.6 Å². The Hall–Kier alpha value is -2.53. The number of nitrogens with zero attached hydrogens (tertiary/aromatic N) is 2. The van der Waals surface area contributed by atoms with E-state index in [1.54, 1.807) is 0 Å². The fourth-order valence-electron chi connectivity index (χ4n) is 3.62. The molecular weight excluding hydrogens is 453 g/mol. The van der Waals surface area contributed by atoms with Crippen LogP contribution in [0, 0.1) is 11.8 Å². The number of aromatic nitrogens is 1. The van der Waals surface area contributed by atoms with Crippen molar-refractivity contribution in [3.8, 4) is 0 Å². The van der Waals surface area contributed by atoms with Crippen LogP contribution >= 0.6 is 11.6 Å². The third-order valence-electron chi connectivity index (χ3n) is 5.46. The Bertz CT molecular complexity index is 939. The molecule has 1 aromatic carbocycles. The van der Waals surface area contributed by atoms with Gasteiger partial charge in [0.05, 0.1) is 5.92 Å². The van der Waals surface area contributed by atoms with Gasteiger partial charge in [0.1, 0.15) is 5.52 Å². The Morgan fingerprint density at radius 2 is 1.97 bits per heavy atom. The maximum absolute atomic E-state index is 12.1. The van der Waals surface area contributed by atoms with Crippen molar-refractivity contribution in [3.05, 3.63) is 23.2 Å². The van der Waals surface area contributed by atoms with Gasteiger partial charge in [-0.05, 0) is 49.9 Å². The Labute approximate surface area is 187 Å². The third-order valence-corrected chi connectivity index (χ3v) is 5.70. The molecule has 0 spiro atoms. The zero-order valence-electron chi connectivity index (χ0n) is 17.1. The average molecular weight is 477 g/mol. The summed E-state index contributed by atoms with van der Waals surface area (Å²) in [5.41, 5.74) is 1.56. The molecule has 1 amide bonds. The number of nitrogens with one attached hydrogen (secondary N) is 2. The number of alkyl halides is 3. The van der Waals surface area contributed by atoms with Crippen LogP contribution in [0.1, 0.15) is 19.3 Å². The highest BCUT2D eigenvalue weighted by atomic mass is 35.5. The van der Waals surface area contributed by atoms with E-state index in [0.717, 1.165) is 63.1 Å². The number of benzene rings is 1. The number of carboxylic acid groups (broad SMARTS) is 1. The number of hydrogen-bond acceptors (Lipinski definition) is 6. The van der Waals surface area contributed by atoms with E-state index in [4.69, 9.17) is 25.9 Å². The molecular formula is C20H24ClF3N4O4. The molecule has 2 aliphatic rings. The SMILES string of the molecule is O=C(NCC1CCN(c2nc3cc(Cl)ccc3o2)CC1)C1CCNC1.O=C(O)C(F)(F)F. The van der Waals surface area contributed by atoms with Crippen molar-refractivity contribution in [1.29, 1.82) is 0 Å². The highest BCUT2D eigenvalue weighted by Gasteiger charge is 2.38. The van der Waals surface area contributed by atoms with Crippen LogP contribution in [0.25, 0.3) is 11.1 Å². The van der Waals surface area contributed by atoms with Gasteiger partial charge in [0.25, 0.3) is 6.01 Å². The Balaban J connectivity index is 0.000000360. The molecule has 1 aromatic heterocycles. The highest BCUT2D eigenvalue weighted by Crippen LogP contribution is 2.27. The van der Waals surface area contributed by atoms with E-state index in [0.29, 0.717) is 17.0 Å². The van der Waals surface area contributed by atoms with Gasteiger partial charge in [-0.1, -0.05) is 11.6 Å². The molecule has 32 heavy (non-hydrogen) atoms. The van der Waals surface area contributed by atoms with Gasteiger partial charge >= 0.3 is 12.1 Å². The number of hydrogen-bond donors (Lipinski definition) is 3. The summed E-state index contributed by atoms with van der Waals surface area (Å²) in [6.07, 6.45) is -2.07. The van der Waals surface area contributed by atoms with Gasteiger partial charge < -0.3 is 25.1 Å². The number of anilines is 1. The van der Waals surface area contributed by atoms with Crippen LogP contribution in [0.2, 0.25) is 5.02 Å². The van der Waals surface area contributed by atoms with E-state index in [9.17, 15) is 18.0 Å². The lowest BCUT2D eigenvalue weighted by Crippen LogP contribution is -2.40. The summed E-state index contributed by atoms with van der Waals surface area (Å²) >= 11 is 6.01. The zero-order chi connectivity index (χ0) is 23.3. The van der Waals surface area contributed by atoms with Gasteiger partial charge in [0.15, 0.2) is 5.58 Å². The monoisotopic (exact) mass is 476 g/mol. The number of piperidine rings is 1. The Morgan fingerprint density at radius 3 is 2.56 bits per heavy atom. The largest absolute Gasteiger partial charge is 0.490 e. The molecule has 8 nitrogen and oxygen atoms in total. The van der Waals surface area contributed by atoms with Crippen molar-refractivity contribution in [3.63, 3.8) is 0 Å². The molecule has 0 radical (unpaired) electrons. The van der Waals surface area contributed by atoms with E-state index in [1.807, 2.05) is 18.2 Å². The van der Waals surface area contributed by atoms with E-state index in [2.05, 4.69) is 20.5 Å². The maximum Gasteiger partial charge on any atom is 0.490 e. The number of carbonyl (C=O) groups excluding carboxylic acids is 1. The minimum atomic E-state index is -5.08. The molecule has 12 heteroatoms. The van der Waals surface area contributed by atoms with Crippen molar-refractivity contribution in [2.24, 2.45) is 11.8 Å². The van der Waals surface area contributed by atoms with Crippen LogP contribution in [0.3, 0.4) is 0 Å². The third kappa shape index (κ3) is 6.49. The molecule has 2 saturated heterocycles. The fraction of sp³-hybridized carbons (Fsp3) is 0.550. The van der Waals surface area contributed by atoms with Crippen LogP contribution in [0.15, 0.2) is 22.6 Å². The minimum Gasteiger partial charge on any atom is -0.475 e. The maximum atomic E-state index is 12.1. The van der Waals surface area contributed by atoms with Gasteiger partial charge in [-0.2, -0.15) is 18.2 Å². The molecule has 3 N–H and O–H groups in total. The van der Waals surface area contributed by atoms with Gasteiger partial charge in [0.2, 0.25) is 5.91 Å². The molecule has 1 atom stereocenters. The Morgan fingerprint density at radius 1 is 1.28 bits per heavy atom. The molecule has 1 unspecified atom stereocenters. The quantitative estimate of drug-likeness (QED) is 0.622. The second-order valence-electron chi connectivity index (χ2n) is 7.78. The number of carboxylic acids is 1. The summed E-state index contributed by atoms with van der Waals surface area (Å²) in [5.74, 6) is -1.89. The number of fused-ring (bicyclic) bond motifs is 1. The van der Waals surface area contributed by atoms with Crippen molar-refractivity contribution in [1.82, 2.24) is 15.6 Å². The summed E-state index contributed by atoms with van der Waals surface area (Å²) in [7, 11) is 0. The lowest BCUT2D eigenvalue weighted by molar-refractivity contribution is -0.192. The first-order chi connectivity index (χ1) is 15.1. The van der Waals surface area contributed by atoms with Gasteiger partial charge in [-0.3, -0.25) is 4.79 Å². The van der Waals surface area contributed by atoms with Crippen molar-refractivity contribution in [2.45, 2.75) is 25.4 Å². The van der Waals surface area contributed by atoms with E-state index < -0.39 is 12.1 Å². The van der Waals surface area contributed by atoms with E-state index >= 15 is 0 Å². The molecule has 0 bridgehead atoms. The average Bonchev–Trinajstić information content (AvgIpc) is 3.42. The summed E-state index contributed by atoms with van der Waals surface area (Å²) < 4.78 is 37.6. The normalized spacial score (nSPS) is 19.5. The topological polar surface area (TPSA) is 108 Å². The second-order valence-corrected chi connectivity index (χ2v) is 8.21. The zero-order valence-corrected chi connectivity index (χ0v) is 17.9. The smallest absolute Gasteiger partial charge is 0.475 e. The van der Waals surface area contributed by atoms with Gasteiger partial charge in [0, 0.05) is 31.2 Å². The second kappa shape index (κ2) is 10.4. The molecule has 2 aliphatic heterocycles. The molecule has 0 saturated carbocycles. The van der Waals surface area contributed by atoms with E-state index in [-0.39, 0.29) is 11.8 Å². The van der Waals surface area contributed by atoms with Crippen LogP contribution in [0.5, 0.6) is 0 Å². The van der Waals surface area contributed by atoms with E-state index in [1.165, 1.54) is 0 Å². The number of oxazole rings is 1. The van der Waals surface area contributed by atoms with Crippen molar-refractivity contribution < 1.29 is 32.3 Å². The van der Waals surface area contributed by atoms with Crippen LogP contribution in [0.4, 0.5) is 19.2 Å². The predicted molar refractivity (Wildman–Crippen MR) is 112 cm³/mol. The standard InChI is InChI=1S/C18H23ClN4O2.C2HF3O2/c19-14-1-2-16-15(9-14)22-18(25-16)23-7-4-12(5-8-23)10-21-17(24)13-3-6-20-11-13;3-2(4,5)1(6)7/h1-2,9,12-13,20H,3-8,10-11H2,(H,21,24);(H,6,7). The number of carbonyl (C=O) groups is 2. The van der Waals surface area contributed by atoms with Crippen LogP contribution in [-0.2, 0) is 9.59 Å². The van der Waals surface area contributed by atoms with Crippen LogP contribution in [-0.4, -0.2) is 60.9 Å². The number of halogens is 4. The molecule has 2 fully saturated rings. The first-order valence-corrected chi connectivity index (χ1v) is 10.6. The first-order valence-electron chi connectivity index (χ1n) is 10.2. The number of aliphatic carboxylic acids is 1. The molecule has 4 rings (SSSR count). The summed E-state index contributed by atoms with van der Waals surface area (Å²) in [6, 6.07) is 6.16. The first kappa shape index (κ1) is 24.1. The molecule has 3 heterocycles. The number of amides is 1. The highest BCUT2D eigenvalue weighted by molar-refractivity contribution is 6.31. The van der Waals surface area contributed by atoms with Crippen molar-refractivity contribution >= 4 is 40.6 Å². The predicted octanol–water partition coefficient (Wildman–Crippen LogP) is 3.06. The molecule has 2 aromatic rings. The van der Waals surface area contributed by atoms with Gasteiger partial charge in [-0.15, -0.1) is 0 Å². The molecule has 176 valence electrons. The Kier molecular flexibility index (Phi) is 7.83. The van der Waals surface area contributed by atoms with Crippen LogP contribution < -0.4 is 15.5 Å².